The molecule has 3 rings (SSSR count). The molecule has 7 heteroatoms. The highest BCUT2D eigenvalue weighted by molar-refractivity contribution is 6.30. The van der Waals surface area contributed by atoms with E-state index in [1.54, 1.807) is 24.3 Å². The van der Waals surface area contributed by atoms with E-state index in [9.17, 15) is 9.90 Å². The van der Waals surface area contributed by atoms with Crippen LogP contribution in [0.2, 0.25) is 5.02 Å². The van der Waals surface area contributed by atoms with Crippen LogP contribution in [0.3, 0.4) is 0 Å². The Morgan fingerprint density at radius 2 is 2.08 bits per heavy atom. The molecule has 2 aromatic rings. The molecule has 1 heterocycles. The normalized spacial score (nSPS) is 19.4. The van der Waals surface area contributed by atoms with E-state index >= 15 is 0 Å². The van der Waals surface area contributed by atoms with Gasteiger partial charge in [0.1, 0.15) is 5.60 Å². The van der Waals surface area contributed by atoms with Crippen molar-refractivity contribution in [2.24, 2.45) is 5.92 Å². The highest BCUT2D eigenvalue weighted by Gasteiger charge is 2.31. The first-order valence-electron chi connectivity index (χ1n) is 8.16. The van der Waals surface area contributed by atoms with Crippen LogP contribution in [0, 0.1) is 5.92 Å². The summed E-state index contributed by atoms with van der Waals surface area (Å²) in [5.41, 5.74) is 1.46. The van der Waals surface area contributed by atoms with Crippen molar-refractivity contribution >= 4 is 17.5 Å². The third-order valence-electron chi connectivity index (χ3n) is 4.76. The Morgan fingerprint density at radius 1 is 1.38 bits per heavy atom. The molecule has 1 aliphatic carbocycles. The van der Waals surface area contributed by atoms with E-state index in [4.69, 9.17) is 11.6 Å². The first-order chi connectivity index (χ1) is 11.5. The Morgan fingerprint density at radius 3 is 2.79 bits per heavy atom. The monoisotopic (exact) mass is 348 g/mol. The van der Waals surface area contributed by atoms with E-state index in [0.29, 0.717) is 17.9 Å². The van der Waals surface area contributed by atoms with Gasteiger partial charge in [-0.25, -0.2) is 0 Å². The van der Waals surface area contributed by atoms with Crippen LogP contribution in [-0.4, -0.2) is 33.0 Å². The summed E-state index contributed by atoms with van der Waals surface area (Å²) < 4.78 is 0. The molecular weight excluding hydrogens is 328 g/mol. The Labute approximate surface area is 145 Å². The molecule has 6 nitrogen and oxygen atoms in total. The SMILES string of the molecule is CC[C@](O)(CNC(=O)[C@@H]1CCc2n[nH]nc2C1)c1ccc(Cl)cc1. The van der Waals surface area contributed by atoms with Gasteiger partial charge in [-0.3, -0.25) is 4.79 Å². The number of benzene rings is 1. The van der Waals surface area contributed by atoms with Gasteiger partial charge in [0.05, 0.1) is 17.9 Å². The van der Waals surface area contributed by atoms with Crippen LogP contribution in [0.5, 0.6) is 0 Å². The number of rotatable bonds is 5. The van der Waals surface area contributed by atoms with Crippen molar-refractivity contribution in [1.82, 2.24) is 20.7 Å². The van der Waals surface area contributed by atoms with Crippen molar-refractivity contribution in [1.29, 1.82) is 0 Å². The summed E-state index contributed by atoms with van der Waals surface area (Å²) in [6, 6.07) is 7.07. The molecule has 1 aliphatic rings. The van der Waals surface area contributed by atoms with Gasteiger partial charge < -0.3 is 10.4 Å². The first kappa shape index (κ1) is 16.9. The summed E-state index contributed by atoms with van der Waals surface area (Å²) in [5, 5.41) is 25.2. The second-order valence-corrected chi connectivity index (χ2v) is 6.70. The molecule has 0 bridgehead atoms. The number of carbonyl (C=O) groups excluding carboxylic acids is 1. The Bertz CT molecular complexity index is 716. The zero-order valence-electron chi connectivity index (χ0n) is 13.6. The number of H-pyrrole nitrogens is 1. The molecule has 0 saturated carbocycles. The second-order valence-electron chi connectivity index (χ2n) is 6.27. The predicted octanol–water partition coefficient (Wildman–Crippen LogP) is 1.98. The summed E-state index contributed by atoms with van der Waals surface area (Å²) in [5.74, 6) is -0.182. The number of nitrogens with one attached hydrogen (secondary N) is 2. The van der Waals surface area contributed by atoms with Crippen molar-refractivity contribution in [3.8, 4) is 0 Å². The molecule has 0 radical (unpaired) electrons. The van der Waals surface area contributed by atoms with Gasteiger partial charge >= 0.3 is 0 Å². The predicted molar refractivity (Wildman–Crippen MR) is 90.5 cm³/mol. The van der Waals surface area contributed by atoms with Crippen molar-refractivity contribution in [2.75, 3.05) is 6.54 Å². The maximum absolute atomic E-state index is 12.5. The summed E-state index contributed by atoms with van der Waals surface area (Å²) >= 11 is 5.90. The van der Waals surface area contributed by atoms with Crippen LogP contribution < -0.4 is 5.32 Å². The molecule has 1 amide bonds. The first-order valence-corrected chi connectivity index (χ1v) is 8.54. The molecule has 128 valence electrons. The standard InChI is InChI=1S/C17H21ClN4O2/c1-2-17(24,12-4-6-13(18)7-5-12)10-19-16(23)11-3-8-14-15(9-11)21-22-20-14/h4-7,11,24H,2-3,8-10H2,1H3,(H,19,23)(H,20,21,22)/t11-,17+/m1/s1. The van der Waals surface area contributed by atoms with Crippen LogP contribution in [0.1, 0.15) is 36.7 Å². The van der Waals surface area contributed by atoms with E-state index in [-0.39, 0.29) is 18.4 Å². The van der Waals surface area contributed by atoms with Gasteiger partial charge in [-0.15, -0.1) is 0 Å². The Kier molecular flexibility index (Phi) is 4.87. The van der Waals surface area contributed by atoms with Crippen LogP contribution in [-0.2, 0) is 23.2 Å². The summed E-state index contributed by atoms with van der Waals surface area (Å²) in [4.78, 5) is 12.5. The molecule has 3 N–H and O–H groups in total. The smallest absolute Gasteiger partial charge is 0.223 e. The van der Waals surface area contributed by atoms with Gasteiger partial charge in [0.25, 0.3) is 0 Å². The van der Waals surface area contributed by atoms with Gasteiger partial charge in [0.2, 0.25) is 5.91 Å². The zero-order valence-corrected chi connectivity index (χ0v) is 14.3. The number of aryl methyl sites for hydroxylation is 1. The van der Waals surface area contributed by atoms with E-state index in [1.807, 2.05) is 6.92 Å². The highest BCUT2D eigenvalue weighted by Crippen LogP contribution is 2.27. The number of hydrogen-bond acceptors (Lipinski definition) is 4. The number of carbonyl (C=O) groups is 1. The summed E-state index contributed by atoms with van der Waals surface area (Å²) in [6.07, 6.45) is 2.58. The number of hydrogen-bond donors (Lipinski definition) is 3. The fourth-order valence-corrected chi connectivity index (χ4v) is 3.20. The molecule has 0 spiro atoms. The lowest BCUT2D eigenvalue weighted by Crippen LogP contribution is -2.43. The maximum Gasteiger partial charge on any atom is 0.223 e. The number of aliphatic hydroxyl groups is 1. The third kappa shape index (κ3) is 3.44. The molecule has 0 fully saturated rings. The van der Waals surface area contributed by atoms with E-state index in [2.05, 4.69) is 20.7 Å². The number of aromatic amines is 1. The molecule has 2 atom stereocenters. The van der Waals surface area contributed by atoms with Crippen molar-refractivity contribution in [2.45, 2.75) is 38.2 Å². The lowest BCUT2D eigenvalue weighted by Gasteiger charge is -2.29. The Hall–Kier alpha value is -1.92. The maximum atomic E-state index is 12.5. The fourth-order valence-electron chi connectivity index (χ4n) is 3.08. The minimum Gasteiger partial charge on any atom is -0.383 e. The summed E-state index contributed by atoms with van der Waals surface area (Å²) in [7, 11) is 0. The van der Waals surface area contributed by atoms with E-state index in [1.165, 1.54) is 0 Å². The number of fused-ring (bicyclic) bond motifs is 1. The van der Waals surface area contributed by atoms with Gasteiger partial charge in [0.15, 0.2) is 0 Å². The zero-order chi connectivity index (χ0) is 17.2. The van der Waals surface area contributed by atoms with Crippen molar-refractivity contribution in [3.63, 3.8) is 0 Å². The molecular formula is C17H21ClN4O2. The van der Waals surface area contributed by atoms with Crippen LogP contribution in [0.25, 0.3) is 0 Å². The second kappa shape index (κ2) is 6.91. The lowest BCUT2D eigenvalue weighted by atomic mass is 9.88. The topological polar surface area (TPSA) is 90.9 Å². The largest absolute Gasteiger partial charge is 0.383 e. The minimum atomic E-state index is -1.10. The van der Waals surface area contributed by atoms with Crippen LogP contribution in [0.15, 0.2) is 24.3 Å². The average molecular weight is 349 g/mol. The quantitative estimate of drug-likeness (QED) is 0.770. The highest BCUT2D eigenvalue weighted by atomic mass is 35.5. The average Bonchev–Trinajstić information content (AvgIpc) is 3.07. The van der Waals surface area contributed by atoms with Crippen molar-refractivity contribution in [3.05, 3.63) is 46.2 Å². The van der Waals surface area contributed by atoms with Gasteiger partial charge in [-0.1, -0.05) is 30.7 Å². The number of amides is 1. The Balaban J connectivity index is 1.63. The molecule has 24 heavy (non-hydrogen) atoms. The van der Waals surface area contributed by atoms with Crippen molar-refractivity contribution < 1.29 is 9.90 Å². The van der Waals surface area contributed by atoms with Gasteiger partial charge in [0, 0.05) is 17.4 Å². The van der Waals surface area contributed by atoms with E-state index in [0.717, 1.165) is 29.8 Å². The number of nitrogens with zero attached hydrogens (tertiary/aromatic N) is 2. The summed E-state index contributed by atoms with van der Waals surface area (Å²) in [6.45, 7) is 2.06. The lowest BCUT2D eigenvalue weighted by molar-refractivity contribution is -0.126. The number of halogens is 1. The molecule has 1 aromatic heterocycles. The van der Waals surface area contributed by atoms with Gasteiger partial charge in [-0.2, -0.15) is 15.4 Å². The van der Waals surface area contributed by atoms with E-state index < -0.39 is 5.60 Å². The number of aromatic nitrogens is 3. The molecule has 0 unspecified atom stereocenters. The van der Waals surface area contributed by atoms with Crippen LogP contribution in [0.4, 0.5) is 0 Å². The minimum absolute atomic E-state index is 0.0514. The molecule has 0 aliphatic heterocycles. The molecule has 1 aromatic carbocycles. The molecule has 0 saturated heterocycles. The van der Waals surface area contributed by atoms with Gasteiger partial charge in [-0.05, 0) is 37.0 Å². The third-order valence-corrected chi connectivity index (χ3v) is 5.02. The van der Waals surface area contributed by atoms with Crippen LogP contribution >= 0.6 is 11.6 Å². The fraction of sp³-hybridized carbons (Fsp3) is 0.471.